The lowest BCUT2D eigenvalue weighted by Gasteiger charge is -2.07. The molecule has 4 nitrogen and oxygen atoms in total. The highest BCUT2D eigenvalue weighted by atomic mass is 19.1. The van der Waals surface area contributed by atoms with Crippen LogP contribution < -0.4 is 4.74 Å². The summed E-state index contributed by atoms with van der Waals surface area (Å²) in [6.45, 7) is 0.949. The molecule has 0 radical (unpaired) electrons. The molecule has 1 aliphatic rings. The van der Waals surface area contributed by atoms with E-state index in [-0.39, 0.29) is 5.82 Å². The number of benzene rings is 2. The van der Waals surface area contributed by atoms with Crippen LogP contribution in [0.15, 0.2) is 54.7 Å². The summed E-state index contributed by atoms with van der Waals surface area (Å²) in [5, 5.41) is 4.88. The summed E-state index contributed by atoms with van der Waals surface area (Å²) in [6.07, 6.45) is 5.34. The highest BCUT2D eigenvalue weighted by molar-refractivity contribution is 5.77. The molecule has 4 aromatic rings. The van der Waals surface area contributed by atoms with Gasteiger partial charge in [-0.2, -0.15) is 0 Å². The molecule has 0 spiro atoms. The van der Waals surface area contributed by atoms with Crippen LogP contribution in [0.2, 0.25) is 0 Å². The molecule has 136 valence electrons. The predicted molar refractivity (Wildman–Crippen MR) is 104 cm³/mol. The Kier molecular flexibility index (Phi) is 3.74. The van der Waals surface area contributed by atoms with Crippen molar-refractivity contribution in [3.8, 4) is 28.3 Å². The molecule has 5 heteroatoms. The number of aromatic nitrogens is 3. The standard InChI is InChI=1S/C22H20FN3O/c1-27-18-11-7-16(8-12-18)21-24-26-14-20(15-5-9-17(23)10-6-15)19-4-2-3-13-25(21)22(19)26/h5-12,14H,2-4,13H2,1H3. The van der Waals surface area contributed by atoms with Gasteiger partial charge in [-0.15, -0.1) is 5.10 Å². The van der Waals surface area contributed by atoms with Crippen molar-refractivity contribution >= 4 is 5.65 Å². The SMILES string of the molecule is COc1ccc(-c2nn3cc(-c4ccc(F)cc4)c4c3n2CCCC4)cc1. The first-order chi connectivity index (χ1) is 13.2. The van der Waals surface area contributed by atoms with Crippen molar-refractivity contribution in [1.82, 2.24) is 14.2 Å². The average Bonchev–Trinajstić information content (AvgIpc) is 3.13. The smallest absolute Gasteiger partial charge is 0.162 e. The fourth-order valence-electron chi connectivity index (χ4n) is 4.00. The minimum atomic E-state index is -0.210. The van der Waals surface area contributed by atoms with Crippen LogP contribution in [0.3, 0.4) is 0 Å². The highest BCUT2D eigenvalue weighted by Gasteiger charge is 2.22. The molecule has 2 aromatic carbocycles. The first-order valence-corrected chi connectivity index (χ1v) is 9.26. The van der Waals surface area contributed by atoms with E-state index in [2.05, 4.69) is 22.9 Å². The van der Waals surface area contributed by atoms with E-state index in [1.165, 1.54) is 17.7 Å². The molecule has 0 bridgehead atoms. The third kappa shape index (κ3) is 2.62. The Morgan fingerprint density at radius 3 is 2.44 bits per heavy atom. The van der Waals surface area contributed by atoms with Crippen LogP contribution in [0.1, 0.15) is 18.4 Å². The second kappa shape index (κ2) is 6.27. The molecule has 0 saturated heterocycles. The Morgan fingerprint density at radius 1 is 0.963 bits per heavy atom. The quantitative estimate of drug-likeness (QED) is 0.517. The second-order valence-corrected chi connectivity index (χ2v) is 6.96. The maximum atomic E-state index is 13.3. The molecule has 0 amide bonds. The molecule has 3 heterocycles. The Balaban J connectivity index is 1.68. The Bertz CT molecular complexity index is 1110. The van der Waals surface area contributed by atoms with E-state index in [0.717, 1.165) is 59.7 Å². The molecular formula is C22H20FN3O. The van der Waals surface area contributed by atoms with Gasteiger partial charge in [-0.1, -0.05) is 12.1 Å². The van der Waals surface area contributed by atoms with Crippen LogP contribution in [-0.4, -0.2) is 21.3 Å². The molecular weight excluding hydrogens is 341 g/mol. The third-order valence-electron chi connectivity index (χ3n) is 5.34. The molecule has 0 fully saturated rings. The highest BCUT2D eigenvalue weighted by Crippen LogP contribution is 2.35. The van der Waals surface area contributed by atoms with Gasteiger partial charge in [-0.25, -0.2) is 8.91 Å². The maximum absolute atomic E-state index is 13.3. The molecule has 0 saturated carbocycles. The molecule has 0 unspecified atom stereocenters. The minimum absolute atomic E-state index is 0.210. The number of rotatable bonds is 3. The van der Waals surface area contributed by atoms with E-state index in [9.17, 15) is 4.39 Å². The van der Waals surface area contributed by atoms with Crippen molar-refractivity contribution in [2.75, 3.05) is 7.11 Å². The van der Waals surface area contributed by atoms with Gasteiger partial charge in [0.15, 0.2) is 5.82 Å². The van der Waals surface area contributed by atoms with Gasteiger partial charge in [0, 0.05) is 29.4 Å². The van der Waals surface area contributed by atoms with Crippen LogP contribution in [0.4, 0.5) is 4.39 Å². The van der Waals surface area contributed by atoms with E-state index in [0.29, 0.717) is 0 Å². The fraction of sp³-hybridized carbons (Fsp3) is 0.227. The van der Waals surface area contributed by atoms with Gasteiger partial charge in [-0.05, 0) is 61.2 Å². The summed E-state index contributed by atoms with van der Waals surface area (Å²) in [5.41, 5.74) is 5.71. The zero-order valence-electron chi connectivity index (χ0n) is 15.2. The maximum Gasteiger partial charge on any atom is 0.162 e. The van der Waals surface area contributed by atoms with Crippen molar-refractivity contribution in [3.05, 3.63) is 66.1 Å². The van der Waals surface area contributed by atoms with Crippen LogP contribution in [0.5, 0.6) is 5.75 Å². The van der Waals surface area contributed by atoms with Gasteiger partial charge in [0.05, 0.1) is 7.11 Å². The number of aryl methyl sites for hydroxylation is 2. The minimum Gasteiger partial charge on any atom is -0.497 e. The normalized spacial score (nSPS) is 13.7. The van der Waals surface area contributed by atoms with Crippen molar-refractivity contribution in [2.24, 2.45) is 0 Å². The monoisotopic (exact) mass is 361 g/mol. The summed E-state index contributed by atoms with van der Waals surface area (Å²) < 4.78 is 22.9. The van der Waals surface area contributed by atoms with E-state index >= 15 is 0 Å². The van der Waals surface area contributed by atoms with Gasteiger partial charge in [-0.3, -0.25) is 0 Å². The van der Waals surface area contributed by atoms with Gasteiger partial charge in [0.25, 0.3) is 0 Å². The molecule has 5 rings (SSSR count). The van der Waals surface area contributed by atoms with Crippen LogP contribution in [-0.2, 0) is 13.0 Å². The number of ether oxygens (including phenoxy) is 1. The number of halogens is 1. The molecule has 1 aliphatic heterocycles. The van der Waals surface area contributed by atoms with Crippen molar-refractivity contribution in [2.45, 2.75) is 25.8 Å². The third-order valence-corrected chi connectivity index (χ3v) is 5.34. The van der Waals surface area contributed by atoms with Crippen LogP contribution in [0.25, 0.3) is 28.2 Å². The number of methoxy groups -OCH3 is 1. The Morgan fingerprint density at radius 2 is 1.70 bits per heavy atom. The second-order valence-electron chi connectivity index (χ2n) is 6.96. The van der Waals surface area contributed by atoms with E-state index in [4.69, 9.17) is 9.84 Å². The van der Waals surface area contributed by atoms with Crippen LogP contribution in [0, 0.1) is 5.82 Å². The lowest BCUT2D eigenvalue weighted by Crippen LogP contribution is -1.99. The molecule has 27 heavy (non-hydrogen) atoms. The summed E-state index contributed by atoms with van der Waals surface area (Å²) in [5.74, 6) is 1.60. The van der Waals surface area contributed by atoms with Gasteiger partial charge in [0.2, 0.25) is 0 Å². The predicted octanol–water partition coefficient (Wildman–Crippen LogP) is 4.95. The summed E-state index contributed by atoms with van der Waals surface area (Å²) >= 11 is 0. The first kappa shape index (κ1) is 16.1. The Labute approximate surface area is 156 Å². The van der Waals surface area contributed by atoms with Gasteiger partial charge < -0.3 is 9.30 Å². The van der Waals surface area contributed by atoms with E-state index < -0.39 is 0 Å². The summed E-state index contributed by atoms with van der Waals surface area (Å²) in [7, 11) is 1.67. The Hall–Kier alpha value is -3.08. The molecule has 0 aliphatic carbocycles. The lowest BCUT2D eigenvalue weighted by molar-refractivity contribution is 0.415. The molecule has 0 atom stereocenters. The van der Waals surface area contributed by atoms with Crippen molar-refractivity contribution in [1.29, 1.82) is 0 Å². The lowest BCUT2D eigenvalue weighted by atomic mass is 10.0. The van der Waals surface area contributed by atoms with Gasteiger partial charge in [0.1, 0.15) is 17.2 Å². The summed E-state index contributed by atoms with van der Waals surface area (Å²) in [6, 6.07) is 14.8. The van der Waals surface area contributed by atoms with Crippen molar-refractivity contribution in [3.63, 3.8) is 0 Å². The molecule has 0 N–H and O–H groups in total. The topological polar surface area (TPSA) is 31.5 Å². The average molecular weight is 361 g/mol. The first-order valence-electron chi connectivity index (χ1n) is 9.26. The van der Waals surface area contributed by atoms with E-state index in [1.807, 2.05) is 28.8 Å². The summed E-state index contributed by atoms with van der Waals surface area (Å²) in [4.78, 5) is 0. The van der Waals surface area contributed by atoms with Gasteiger partial charge >= 0.3 is 0 Å². The van der Waals surface area contributed by atoms with Crippen LogP contribution >= 0.6 is 0 Å². The largest absolute Gasteiger partial charge is 0.497 e. The van der Waals surface area contributed by atoms with Crippen molar-refractivity contribution < 1.29 is 9.13 Å². The zero-order valence-corrected chi connectivity index (χ0v) is 15.2. The van der Waals surface area contributed by atoms with E-state index in [1.54, 1.807) is 7.11 Å². The zero-order chi connectivity index (χ0) is 18.4. The number of hydrogen-bond donors (Lipinski definition) is 0. The number of nitrogens with zero attached hydrogens (tertiary/aromatic N) is 3. The number of hydrogen-bond acceptors (Lipinski definition) is 2. The fourth-order valence-corrected chi connectivity index (χ4v) is 4.00. The molecule has 2 aromatic heterocycles.